The molecule has 0 N–H and O–H groups in total. The highest BCUT2D eigenvalue weighted by Crippen LogP contribution is 2.10. The Morgan fingerprint density at radius 3 is 2.62 bits per heavy atom. The molecule has 2 nitrogen and oxygen atoms in total. The van der Waals surface area contributed by atoms with Crippen LogP contribution in [-0.4, -0.2) is 5.97 Å². The van der Waals surface area contributed by atoms with Gasteiger partial charge in [0.25, 0.3) is 0 Å². The molecule has 0 aliphatic carbocycles. The van der Waals surface area contributed by atoms with E-state index in [1.54, 1.807) is 11.3 Å². The van der Waals surface area contributed by atoms with Gasteiger partial charge in [-0.15, -0.1) is 11.3 Å². The van der Waals surface area contributed by atoms with E-state index in [0.717, 1.165) is 10.4 Å². The summed E-state index contributed by atoms with van der Waals surface area (Å²) in [6.45, 7) is 0.352. The Morgan fingerprint density at radius 1 is 1.12 bits per heavy atom. The van der Waals surface area contributed by atoms with E-state index in [1.165, 1.54) is 0 Å². The number of rotatable bonds is 4. The van der Waals surface area contributed by atoms with Crippen LogP contribution in [0.15, 0.2) is 47.8 Å². The minimum Gasteiger partial charge on any atom is -0.461 e. The molecule has 0 atom stereocenters. The summed E-state index contributed by atoms with van der Waals surface area (Å²) in [5.41, 5.74) is 1.02. The lowest BCUT2D eigenvalue weighted by Crippen LogP contribution is -2.06. The van der Waals surface area contributed by atoms with E-state index >= 15 is 0 Å². The van der Waals surface area contributed by atoms with Crippen LogP contribution in [0.1, 0.15) is 10.4 Å². The first kappa shape index (κ1) is 10.9. The van der Waals surface area contributed by atoms with Crippen LogP contribution >= 0.6 is 11.3 Å². The summed E-state index contributed by atoms with van der Waals surface area (Å²) < 4.78 is 5.17. The predicted molar refractivity (Wildman–Crippen MR) is 64.3 cm³/mol. The van der Waals surface area contributed by atoms with Crippen LogP contribution in [-0.2, 0) is 22.6 Å². The predicted octanol–water partition coefficient (Wildman–Crippen LogP) is 3.03. The van der Waals surface area contributed by atoms with Crippen molar-refractivity contribution >= 4 is 17.3 Å². The molecular weight excluding hydrogens is 220 g/mol. The first-order valence-electron chi connectivity index (χ1n) is 5.06. The highest BCUT2D eigenvalue weighted by molar-refractivity contribution is 7.10. The number of benzene rings is 1. The third-order valence-electron chi connectivity index (χ3n) is 2.14. The van der Waals surface area contributed by atoms with E-state index in [2.05, 4.69) is 0 Å². The Balaban J connectivity index is 1.80. The fourth-order valence-electron chi connectivity index (χ4n) is 1.34. The van der Waals surface area contributed by atoms with Gasteiger partial charge in [-0.2, -0.15) is 0 Å². The number of esters is 1. The van der Waals surface area contributed by atoms with Crippen LogP contribution in [0.3, 0.4) is 0 Å². The normalized spacial score (nSPS) is 10.0. The lowest BCUT2D eigenvalue weighted by Gasteiger charge is -2.03. The van der Waals surface area contributed by atoms with E-state index in [1.807, 2.05) is 47.8 Å². The van der Waals surface area contributed by atoms with Crippen molar-refractivity contribution in [3.63, 3.8) is 0 Å². The van der Waals surface area contributed by atoms with Crippen molar-refractivity contribution in [3.05, 3.63) is 58.3 Å². The van der Waals surface area contributed by atoms with Gasteiger partial charge in [0.2, 0.25) is 0 Å². The minimum atomic E-state index is -0.175. The topological polar surface area (TPSA) is 26.3 Å². The second kappa shape index (κ2) is 5.47. The molecule has 2 aromatic rings. The van der Waals surface area contributed by atoms with Gasteiger partial charge in [-0.3, -0.25) is 4.79 Å². The average Bonchev–Trinajstić information content (AvgIpc) is 2.81. The van der Waals surface area contributed by atoms with Gasteiger partial charge in [0, 0.05) is 4.88 Å². The Morgan fingerprint density at radius 2 is 1.94 bits per heavy atom. The van der Waals surface area contributed by atoms with Crippen molar-refractivity contribution in [2.24, 2.45) is 0 Å². The Hall–Kier alpha value is -1.61. The SMILES string of the molecule is O=C(Cc1cccs1)OCc1ccccc1. The highest BCUT2D eigenvalue weighted by Gasteiger charge is 2.05. The molecular formula is C13H12O2S. The van der Waals surface area contributed by atoms with E-state index in [9.17, 15) is 4.79 Å². The maximum Gasteiger partial charge on any atom is 0.311 e. The van der Waals surface area contributed by atoms with Crippen LogP contribution in [0.4, 0.5) is 0 Å². The Kier molecular flexibility index (Phi) is 3.72. The molecule has 0 saturated heterocycles. The Labute approximate surface area is 98.5 Å². The summed E-state index contributed by atoms with van der Waals surface area (Å²) in [4.78, 5) is 12.5. The molecule has 1 aromatic carbocycles. The molecule has 0 amide bonds. The van der Waals surface area contributed by atoms with Crippen LogP contribution < -0.4 is 0 Å². The van der Waals surface area contributed by atoms with Gasteiger partial charge in [0.15, 0.2) is 0 Å². The van der Waals surface area contributed by atoms with Crippen LogP contribution in [0.5, 0.6) is 0 Å². The lowest BCUT2D eigenvalue weighted by molar-refractivity contribution is -0.144. The third kappa shape index (κ3) is 3.21. The summed E-state index contributed by atoms with van der Waals surface area (Å²) in [6.07, 6.45) is 0.366. The van der Waals surface area contributed by atoms with Crippen molar-refractivity contribution in [2.75, 3.05) is 0 Å². The highest BCUT2D eigenvalue weighted by atomic mass is 32.1. The molecule has 0 fully saturated rings. The van der Waals surface area contributed by atoms with E-state index in [4.69, 9.17) is 4.74 Å². The van der Waals surface area contributed by atoms with Crippen molar-refractivity contribution in [1.82, 2.24) is 0 Å². The van der Waals surface area contributed by atoms with E-state index < -0.39 is 0 Å². The number of carbonyl (C=O) groups excluding carboxylic acids is 1. The number of hydrogen-bond acceptors (Lipinski definition) is 3. The summed E-state index contributed by atoms with van der Waals surface area (Å²) in [6, 6.07) is 13.6. The van der Waals surface area contributed by atoms with E-state index in [-0.39, 0.29) is 5.97 Å². The van der Waals surface area contributed by atoms with Crippen molar-refractivity contribution in [2.45, 2.75) is 13.0 Å². The van der Waals surface area contributed by atoms with Gasteiger partial charge < -0.3 is 4.74 Å². The van der Waals surface area contributed by atoms with Crippen LogP contribution in [0.25, 0.3) is 0 Å². The number of hydrogen-bond donors (Lipinski definition) is 0. The fraction of sp³-hybridized carbons (Fsp3) is 0.154. The molecule has 2 rings (SSSR count). The molecule has 82 valence electrons. The molecule has 0 spiro atoms. The number of carbonyl (C=O) groups is 1. The van der Waals surface area contributed by atoms with Crippen molar-refractivity contribution < 1.29 is 9.53 Å². The van der Waals surface area contributed by atoms with Crippen LogP contribution in [0.2, 0.25) is 0 Å². The molecule has 0 aliphatic rings. The molecule has 16 heavy (non-hydrogen) atoms. The summed E-state index contributed by atoms with van der Waals surface area (Å²) >= 11 is 1.57. The smallest absolute Gasteiger partial charge is 0.311 e. The standard InChI is InChI=1S/C13H12O2S/c14-13(9-12-7-4-8-16-12)15-10-11-5-2-1-3-6-11/h1-8H,9-10H2. The third-order valence-corrected chi connectivity index (χ3v) is 3.02. The van der Waals surface area contributed by atoms with Crippen LogP contribution in [0, 0.1) is 0 Å². The minimum absolute atomic E-state index is 0.175. The van der Waals surface area contributed by atoms with Gasteiger partial charge in [0.05, 0.1) is 6.42 Å². The maximum atomic E-state index is 11.5. The van der Waals surface area contributed by atoms with Gasteiger partial charge in [-0.25, -0.2) is 0 Å². The molecule has 1 heterocycles. The van der Waals surface area contributed by atoms with Crippen molar-refractivity contribution in [1.29, 1.82) is 0 Å². The first-order valence-corrected chi connectivity index (χ1v) is 5.94. The van der Waals surface area contributed by atoms with Gasteiger partial charge in [-0.1, -0.05) is 36.4 Å². The van der Waals surface area contributed by atoms with E-state index in [0.29, 0.717) is 13.0 Å². The largest absolute Gasteiger partial charge is 0.461 e. The second-order valence-corrected chi connectivity index (χ2v) is 4.43. The van der Waals surface area contributed by atoms with Gasteiger partial charge >= 0.3 is 5.97 Å². The monoisotopic (exact) mass is 232 g/mol. The maximum absolute atomic E-state index is 11.5. The summed E-state index contributed by atoms with van der Waals surface area (Å²) in [7, 11) is 0. The fourth-order valence-corrected chi connectivity index (χ4v) is 2.03. The summed E-state index contributed by atoms with van der Waals surface area (Å²) in [5, 5.41) is 1.96. The van der Waals surface area contributed by atoms with Crippen molar-refractivity contribution in [3.8, 4) is 0 Å². The number of thiophene rings is 1. The zero-order valence-electron chi connectivity index (χ0n) is 8.76. The van der Waals surface area contributed by atoms with Gasteiger partial charge in [-0.05, 0) is 17.0 Å². The molecule has 1 aromatic heterocycles. The molecule has 3 heteroatoms. The molecule has 0 unspecified atom stereocenters. The molecule has 0 saturated carbocycles. The second-order valence-electron chi connectivity index (χ2n) is 3.40. The molecule has 0 aliphatic heterocycles. The van der Waals surface area contributed by atoms with Gasteiger partial charge in [0.1, 0.15) is 6.61 Å². The average molecular weight is 232 g/mol. The zero-order chi connectivity index (χ0) is 11.2. The first-order chi connectivity index (χ1) is 7.84. The lowest BCUT2D eigenvalue weighted by atomic mass is 10.2. The molecule has 0 bridgehead atoms. The zero-order valence-corrected chi connectivity index (χ0v) is 9.57. The quantitative estimate of drug-likeness (QED) is 0.757. The molecule has 0 radical (unpaired) electrons. The Bertz CT molecular complexity index is 434. The summed E-state index contributed by atoms with van der Waals surface area (Å²) in [5.74, 6) is -0.175. The number of ether oxygens (including phenoxy) is 1.